The van der Waals surface area contributed by atoms with E-state index in [4.69, 9.17) is 18.9 Å². The molecule has 1 aliphatic carbocycles. The van der Waals surface area contributed by atoms with Crippen LogP contribution in [-0.2, 0) is 16.0 Å². The topological polar surface area (TPSA) is 94.5 Å². The van der Waals surface area contributed by atoms with Gasteiger partial charge in [0.2, 0.25) is 0 Å². The van der Waals surface area contributed by atoms with Crippen molar-refractivity contribution in [3.05, 3.63) is 83.4 Å². The minimum Gasteiger partial charge on any atom is -0.497 e. The molecule has 0 bridgehead atoms. The summed E-state index contributed by atoms with van der Waals surface area (Å²) in [7, 11) is 4.57. The molecule has 3 aromatic rings. The molecule has 5 rings (SSSR count). The maximum atomic E-state index is 13.1. The van der Waals surface area contributed by atoms with Gasteiger partial charge in [0.05, 0.1) is 32.8 Å². The molecule has 182 valence electrons. The molecule has 35 heavy (non-hydrogen) atoms. The third kappa shape index (κ3) is 3.01. The predicted octanol–water partition coefficient (Wildman–Crippen LogP) is 3.55. The summed E-state index contributed by atoms with van der Waals surface area (Å²) in [4.78, 5) is 13.1. The van der Waals surface area contributed by atoms with Gasteiger partial charge in [0.25, 0.3) is 0 Å². The van der Waals surface area contributed by atoms with E-state index in [1.54, 1.807) is 43.5 Å². The second-order valence-electron chi connectivity index (χ2n) is 9.01. The molecule has 2 aliphatic rings. The fraction of sp³-hybridized carbons (Fsp3) is 0.321. The van der Waals surface area contributed by atoms with Crippen LogP contribution in [0.3, 0.4) is 0 Å². The maximum absolute atomic E-state index is 13.1. The first-order valence-corrected chi connectivity index (χ1v) is 11.4. The molecule has 7 nitrogen and oxygen atoms in total. The van der Waals surface area contributed by atoms with E-state index in [1.807, 2.05) is 30.3 Å². The second kappa shape index (κ2) is 8.29. The maximum Gasteiger partial charge on any atom is 0.177 e. The minimum absolute atomic E-state index is 0.250. The number of methoxy groups -OCH3 is 3. The number of fused-ring (bicyclic) bond motifs is 3. The van der Waals surface area contributed by atoms with Crippen LogP contribution in [0.25, 0.3) is 0 Å². The van der Waals surface area contributed by atoms with Gasteiger partial charge in [-0.05, 0) is 30.2 Å². The smallest absolute Gasteiger partial charge is 0.177 e. The van der Waals surface area contributed by atoms with Crippen molar-refractivity contribution in [2.24, 2.45) is 5.92 Å². The molecule has 0 spiro atoms. The van der Waals surface area contributed by atoms with Crippen LogP contribution in [0, 0.1) is 5.92 Å². The molecule has 1 fully saturated rings. The molecular weight excluding hydrogens is 448 g/mol. The molecule has 0 radical (unpaired) electrons. The van der Waals surface area contributed by atoms with Crippen molar-refractivity contribution in [3.8, 4) is 23.0 Å². The Kier molecular flexibility index (Phi) is 5.49. The standard InChI is InChI=1S/C28H28O7/c1-16(29)23-24(17-8-6-5-7-9-17)28(18-10-12-19(32-2)13-11-18)27(31,26(23)30)25-21(34-4)14-20(33-3)15-22(25)35-28/h5-15,23-24,26,30-31H,1-4H3/t23-,24-,26-,27+,28+/m1/s1. The van der Waals surface area contributed by atoms with Crippen molar-refractivity contribution in [1.29, 1.82) is 0 Å². The lowest BCUT2D eigenvalue weighted by atomic mass is 9.70. The fourth-order valence-electron chi connectivity index (χ4n) is 5.96. The molecule has 1 heterocycles. The van der Waals surface area contributed by atoms with Gasteiger partial charge in [-0.1, -0.05) is 42.5 Å². The number of carbonyl (C=O) groups excluding carboxylic acids is 1. The lowest BCUT2D eigenvalue weighted by molar-refractivity contribution is -0.154. The van der Waals surface area contributed by atoms with E-state index < -0.39 is 29.1 Å². The monoisotopic (exact) mass is 476 g/mol. The fourth-order valence-corrected chi connectivity index (χ4v) is 5.96. The molecule has 0 aromatic heterocycles. The number of Topliss-reactive ketones (excluding diaryl/α,β-unsaturated/α-hetero) is 1. The first kappa shape index (κ1) is 23.2. The number of benzene rings is 3. The Bertz CT molecular complexity index is 1260. The predicted molar refractivity (Wildman–Crippen MR) is 128 cm³/mol. The summed E-state index contributed by atoms with van der Waals surface area (Å²) in [5.74, 6) is -0.181. The third-order valence-corrected chi connectivity index (χ3v) is 7.43. The molecule has 3 aromatic carbocycles. The Hall–Kier alpha value is -3.55. The summed E-state index contributed by atoms with van der Waals surface area (Å²) in [5, 5.41) is 24.4. The molecule has 7 heteroatoms. The molecular formula is C28H28O7. The quantitative estimate of drug-likeness (QED) is 0.562. The van der Waals surface area contributed by atoms with Crippen LogP contribution >= 0.6 is 0 Å². The van der Waals surface area contributed by atoms with Crippen molar-refractivity contribution in [3.63, 3.8) is 0 Å². The van der Waals surface area contributed by atoms with Gasteiger partial charge in [-0.3, -0.25) is 4.79 Å². The SMILES string of the molecule is COc1ccc([C@@]23Oc4cc(OC)cc(OC)c4[C@]2(O)[C@H](O)[C@H](C(C)=O)[C@H]3c2ccccc2)cc1. The summed E-state index contributed by atoms with van der Waals surface area (Å²) < 4.78 is 23.1. The molecule has 1 saturated carbocycles. The zero-order chi connectivity index (χ0) is 25.0. The van der Waals surface area contributed by atoms with Gasteiger partial charge in [-0.2, -0.15) is 0 Å². The van der Waals surface area contributed by atoms with Gasteiger partial charge in [-0.25, -0.2) is 0 Å². The van der Waals surface area contributed by atoms with E-state index >= 15 is 0 Å². The molecule has 0 amide bonds. The van der Waals surface area contributed by atoms with Gasteiger partial charge in [0.1, 0.15) is 34.9 Å². The Morgan fingerprint density at radius 1 is 0.914 bits per heavy atom. The highest BCUT2D eigenvalue weighted by Crippen LogP contribution is 2.70. The largest absolute Gasteiger partial charge is 0.497 e. The van der Waals surface area contributed by atoms with Crippen molar-refractivity contribution >= 4 is 5.78 Å². The summed E-state index contributed by atoms with van der Waals surface area (Å²) in [6, 6.07) is 19.8. The van der Waals surface area contributed by atoms with E-state index in [1.165, 1.54) is 21.1 Å². The molecule has 2 N–H and O–H groups in total. The van der Waals surface area contributed by atoms with E-state index in [0.29, 0.717) is 28.6 Å². The average Bonchev–Trinajstić information content (AvgIpc) is 3.26. The Labute approximate surface area is 203 Å². The lowest BCUT2D eigenvalue weighted by Gasteiger charge is -2.40. The van der Waals surface area contributed by atoms with E-state index in [-0.39, 0.29) is 11.3 Å². The van der Waals surface area contributed by atoms with Crippen molar-refractivity contribution in [2.45, 2.75) is 30.1 Å². The van der Waals surface area contributed by atoms with E-state index in [2.05, 4.69) is 0 Å². The number of aliphatic hydroxyl groups is 2. The van der Waals surface area contributed by atoms with Crippen LogP contribution in [0.1, 0.15) is 29.5 Å². The van der Waals surface area contributed by atoms with Crippen LogP contribution in [0.2, 0.25) is 0 Å². The highest BCUT2D eigenvalue weighted by atomic mass is 16.5. The first-order valence-electron chi connectivity index (χ1n) is 11.4. The average molecular weight is 477 g/mol. The molecule has 1 aliphatic heterocycles. The van der Waals surface area contributed by atoms with Gasteiger partial charge in [0, 0.05) is 18.1 Å². The normalized spacial score (nSPS) is 28.6. The van der Waals surface area contributed by atoms with Crippen molar-refractivity contribution in [2.75, 3.05) is 21.3 Å². The zero-order valence-electron chi connectivity index (χ0n) is 20.0. The number of ketones is 1. The van der Waals surface area contributed by atoms with E-state index in [0.717, 1.165) is 5.56 Å². The summed E-state index contributed by atoms with van der Waals surface area (Å²) in [6.45, 7) is 1.43. The van der Waals surface area contributed by atoms with Gasteiger partial charge < -0.3 is 29.2 Å². The minimum atomic E-state index is -2.01. The Balaban J connectivity index is 1.88. The number of carbonyl (C=O) groups is 1. The zero-order valence-corrected chi connectivity index (χ0v) is 20.0. The first-order chi connectivity index (χ1) is 16.8. The summed E-state index contributed by atoms with van der Waals surface area (Å²) >= 11 is 0. The number of rotatable bonds is 6. The number of ether oxygens (including phenoxy) is 4. The van der Waals surface area contributed by atoms with Gasteiger partial charge in [0.15, 0.2) is 11.2 Å². The van der Waals surface area contributed by atoms with Crippen molar-refractivity contribution < 1.29 is 34.0 Å². The number of aliphatic hydroxyl groups excluding tert-OH is 1. The Morgan fingerprint density at radius 2 is 1.57 bits per heavy atom. The van der Waals surface area contributed by atoms with Crippen LogP contribution in [-0.4, -0.2) is 43.4 Å². The summed E-state index contributed by atoms with van der Waals surface area (Å²) in [6.07, 6.45) is -1.48. The molecule has 5 atom stereocenters. The van der Waals surface area contributed by atoms with Crippen molar-refractivity contribution in [1.82, 2.24) is 0 Å². The van der Waals surface area contributed by atoms with Crippen LogP contribution < -0.4 is 18.9 Å². The van der Waals surface area contributed by atoms with Crippen LogP contribution in [0.4, 0.5) is 0 Å². The Morgan fingerprint density at radius 3 is 2.14 bits per heavy atom. The van der Waals surface area contributed by atoms with Crippen LogP contribution in [0.5, 0.6) is 23.0 Å². The van der Waals surface area contributed by atoms with Gasteiger partial charge >= 0.3 is 0 Å². The summed E-state index contributed by atoms with van der Waals surface area (Å²) in [5.41, 5.74) is -1.91. The van der Waals surface area contributed by atoms with Gasteiger partial charge in [-0.15, -0.1) is 0 Å². The number of hydrogen-bond donors (Lipinski definition) is 2. The van der Waals surface area contributed by atoms with E-state index in [9.17, 15) is 15.0 Å². The second-order valence-corrected chi connectivity index (χ2v) is 9.01. The molecule has 0 saturated heterocycles. The highest BCUT2D eigenvalue weighted by Gasteiger charge is 2.77. The van der Waals surface area contributed by atoms with Crippen LogP contribution in [0.15, 0.2) is 66.7 Å². The lowest BCUT2D eigenvalue weighted by Crippen LogP contribution is -2.52. The molecule has 0 unspecified atom stereocenters. The highest BCUT2D eigenvalue weighted by molar-refractivity contribution is 5.83. The number of hydrogen-bond acceptors (Lipinski definition) is 7. The third-order valence-electron chi connectivity index (χ3n) is 7.43.